The van der Waals surface area contributed by atoms with Crippen LogP contribution in [-0.4, -0.2) is 40.4 Å². The lowest BCUT2D eigenvalue weighted by Crippen LogP contribution is -2.30. The fourth-order valence-corrected chi connectivity index (χ4v) is 3.90. The van der Waals surface area contributed by atoms with E-state index in [9.17, 15) is 18.0 Å². The van der Waals surface area contributed by atoms with Gasteiger partial charge in [0, 0.05) is 25.1 Å². The number of carbonyl (C=O) groups excluding carboxylic acids is 2. The van der Waals surface area contributed by atoms with E-state index in [4.69, 9.17) is 9.47 Å². The van der Waals surface area contributed by atoms with Crippen LogP contribution >= 0.6 is 0 Å². The molecule has 0 spiro atoms. The van der Waals surface area contributed by atoms with Crippen LogP contribution in [0.15, 0.2) is 47.4 Å². The highest BCUT2D eigenvalue weighted by Gasteiger charge is 2.15. The van der Waals surface area contributed by atoms with Crippen LogP contribution in [0.1, 0.15) is 49.0 Å². The van der Waals surface area contributed by atoms with Gasteiger partial charge in [-0.05, 0) is 43.2 Å². The predicted molar refractivity (Wildman–Crippen MR) is 121 cm³/mol. The van der Waals surface area contributed by atoms with Gasteiger partial charge in [-0.3, -0.25) is 9.59 Å². The summed E-state index contributed by atoms with van der Waals surface area (Å²) in [5.41, 5.74) is 1.14. The van der Waals surface area contributed by atoms with Crippen LogP contribution in [-0.2, 0) is 21.4 Å². The van der Waals surface area contributed by atoms with E-state index >= 15 is 0 Å². The molecule has 0 heterocycles. The number of unbranched alkanes of at least 4 members (excludes halogenated alkanes) is 1. The molecule has 0 aliphatic rings. The molecular formula is C23H30N2O6S. The SMILES string of the molecule is CCCCOc1ccc(CNC(=O)CCNS(=O)(=O)c2cccc(C(C)=O)c2)cc1OC. The minimum absolute atomic E-state index is 0.0149. The molecule has 0 unspecified atom stereocenters. The highest BCUT2D eigenvalue weighted by Crippen LogP contribution is 2.28. The van der Waals surface area contributed by atoms with Crippen LogP contribution in [0.4, 0.5) is 0 Å². The maximum Gasteiger partial charge on any atom is 0.240 e. The Morgan fingerprint density at radius 3 is 2.53 bits per heavy atom. The van der Waals surface area contributed by atoms with Crippen LogP contribution in [0.5, 0.6) is 11.5 Å². The van der Waals surface area contributed by atoms with Crippen LogP contribution in [0, 0.1) is 0 Å². The summed E-state index contributed by atoms with van der Waals surface area (Å²) in [6, 6.07) is 11.2. The van der Waals surface area contributed by atoms with Gasteiger partial charge in [0.1, 0.15) is 0 Å². The molecule has 9 heteroatoms. The van der Waals surface area contributed by atoms with E-state index in [1.807, 2.05) is 6.07 Å². The molecule has 0 saturated carbocycles. The molecule has 0 radical (unpaired) electrons. The van der Waals surface area contributed by atoms with Crippen LogP contribution in [0.3, 0.4) is 0 Å². The second-order valence-corrected chi connectivity index (χ2v) is 8.96. The molecule has 2 N–H and O–H groups in total. The first-order valence-electron chi connectivity index (χ1n) is 10.4. The third-order valence-electron chi connectivity index (χ3n) is 4.67. The van der Waals surface area contributed by atoms with Crippen molar-refractivity contribution in [3.05, 3.63) is 53.6 Å². The van der Waals surface area contributed by atoms with Crippen molar-refractivity contribution >= 4 is 21.7 Å². The molecule has 0 fully saturated rings. The average Bonchev–Trinajstić information content (AvgIpc) is 2.78. The first kappa shape index (κ1) is 25.4. The molecular weight excluding hydrogens is 432 g/mol. The maximum atomic E-state index is 12.4. The molecule has 0 aliphatic carbocycles. The Morgan fingerprint density at radius 2 is 1.84 bits per heavy atom. The van der Waals surface area contributed by atoms with Gasteiger partial charge in [-0.2, -0.15) is 0 Å². The number of ketones is 1. The number of hydrogen-bond donors (Lipinski definition) is 2. The summed E-state index contributed by atoms with van der Waals surface area (Å²) in [4.78, 5) is 23.6. The lowest BCUT2D eigenvalue weighted by atomic mass is 10.2. The van der Waals surface area contributed by atoms with Gasteiger partial charge in [0.05, 0.1) is 18.6 Å². The Balaban J connectivity index is 1.84. The molecule has 174 valence electrons. The molecule has 0 atom stereocenters. The molecule has 2 aromatic carbocycles. The Labute approximate surface area is 189 Å². The van der Waals surface area contributed by atoms with E-state index in [2.05, 4.69) is 17.0 Å². The standard InChI is InChI=1S/C23H30N2O6S/c1-4-5-13-31-21-10-9-18(14-22(21)30-3)16-24-23(27)11-12-25-32(28,29)20-8-6-7-19(15-20)17(2)26/h6-10,14-15,25H,4-5,11-13,16H2,1-3H3,(H,24,27). The fraction of sp³-hybridized carbons (Fsp3) is 0.391. The number of methoxy groups -OCH3 is 1. The Kier molecular flexibility index (Phi) is 9.67. The molecule has 0 saturated heterocycles. The molecule has 0 aliphatic heterocycles. The lowest BCUT2D eigenvalue weighted by molar-refractivity contribution is -0.121. The first-order chi connectivity index (χ1) is 15.3. The van der Waals surface area contributed by atoms with Gasteiger partial charge in [0.25, 0.3) is 0 Å². The normalized spacial score (nSPS) is 11.1. The van der Waals surface area contributed by atoms with Crippen molar-refractivity contribution in [3.63, 3.8) is 0 Å². The summed E-state index contributed by atoms with van der Waals surface area (Å²) < 4.78 is 38.2. The fourth-order valence-electron chi connectivity index (χ4n) is 2.82. The predicted octanol–water partition coefficient (Wildman–Crippen LogP) is 3.06. The molecule has 0 bridgehead atoms. The van der Waals surface area contributed by atoms with E-state index < -0.39 is 10.0 Å². The summed E-state index contributed by atoms with van der Waals surface area (Å²) in [5.74, 6) is 0.721. The summed E-state index contributed by atoms with van der Waals surface area (Å²) in [7, 11) is -2.26. The van der Waals surface area contributed by atoms with Crippen molar-refractivity contribution in [1.29, 1.82) is 0 Å². The van der Waals surface area contributed by atoms with E-state index in [-0.39, 0.29) is 36.1 Å². The van der Waals surface area contributed by atoms with E-state index in [1.54, 1.807) is 25.3 Å². The van der Waals surface area contributed by atoms with Crippen molar-refractivity contribution in [2.75, 3.05) is 20.3 Å². The molecule has 2 aromatic rings. The number of sulfonamides is 1. The molecule has 2 rings (SSSR count). The molecule has 32 heavy (non-hydrogen) atoms. The van der Waals surface area contributed by atoms with Gasteiger partial charge in [-0.15, -0.1) is 0 Å². The van der Waals surface area contributed by atoms with Gasteiger partial charge in [-0.25, -0.2) is 13.1 Å². The number of Topliss-reactive ketones (excluding diaryl/α,β-unsaturated/α-hetero) is 1. The summed E-state index contributed by atoms with van der Waals surface area (Å²) in [5, 5.41) is 2.76. The number of benzene rings is 2. The van der Waals surface area contributed by atoms with Crippen LogP contribution in [0.25, 0.3) is 0 Å². The van der Waals surface area contributed by atoms with Crippen LogP contribution in [0.2, 0.25) is 0 Å². The van der Waals surface area contributed by atoms with Crippen molar-refractivity contribution in [3.8, 4) is 11.5 Å². The Morgan fingerprint density at radius 1 is 1.06 bits per heavy atom. The third-order valence-corrected chi connectivity index (χ3v) is 6.13. The molecule has 0 aromatic heterocycles. The zero-order valence-corrected chi connectivity index (χ0v) is 19.5. The quantitative estimate of drug-likeness (QED) is 0.350. The number of amides is 1. The van der Waals surface area contributed by atoms with Gasteiger partial charge in [-0.1, -0.05) is 31.5 Å². The largest absolute Gasteiger partial charge is 0.493 e. The minimum atomic E-state index is -3.82. The van der Waals surface area contributed by atoms with Gasteiger partial charge in [0.2, 0.25) is 15.9 Å². The van der Waals surface area contributed by atoms with Gasteiger partial charge >= 0.3 is 0 Å². The Bertz CT molecular complexity index is 1040. The highest BCUT2D eigenvalue weighted by molar-refractivity contribution is 7.89. The van der Waals surface area contributed by atoms with Crippen molar-refractivity contribution < 1.29 is 27.5 Å². The van der Waals surface area contributed by atoms with Crippen molar-refractivity contribution in [2.45, 2.75) is 44.6 Å². The average molecular weight is 463 g/mol. The summed E-state index contributed by atoms with van der Waals surface area (Å²) in [6.45, 7) is 4.27. The second-order valence-electron chi connectivity index (χ2n) is 7.20. The van der Waals surface area contributed by atoms with Gasteiger partial charge < -0.3 is 14.8 Å². The molecule has 1 amide bonds. The van der Waals surface area contributed by atoms with Gasteiger partial charge in [0.15, 0.2) is 17.3 Å². The van der Waals surface area contributed by atoms with Crippen molar-refractivity contribution in [2.24, 2.45) is 0 Å². The third kappa shape index (κ3) is 7.65. The minimum Gasteiger partial charge on any atom is -0.493 e. The zero-order valence-electron chi connectivity index (χ0n) is 18.6. The topological polar surface area (TPSA) is 111 Å². The number of rotatable bonds is 13. The number of hydrogen-bond acceptors (Lipinski definition) is 6. The highest BCUT2D eigenvalue weighted by atomic mass is 32.2. The number of nitrogens with one attached hydrogen (secondary N) is 2. The summed E-state index contributed by atoms with van der Waals surface area (Å²) in [6.07, 6.45) is 1.96. The lowest BCUT2D eigenvalue weighted by Gasteiger charge is -2.12. The van der Waals surface area contributed by atoms with E-state index in [0.717, 1.165) is 18.4 Å². The second kappa shape index (κ2) is 12.2. The Hall–Kier alpha value is -2.91. The van der Waals surface area contributed by atoms with E-state index in [0.29, 0.717) is 23.7 Å². The number of ether oxygens (including phenoxy) is 2. The monoisotopic (exact) mass is 462 g/mol. The van der Waals surface area contributed by atoms with E-state index in [1.165, 1.54) is 25.1 Å². The first-order valence-corrected chi connectivity index (χ1v) is 11.9. The van der Waals surface area contributed by atoms with Crippen molar-refractivity contribution in [1.82, 2.24) is 10.0 Å². The summed E-state index contributed by atoms with van der Waals surface area (Å²) >= 11 is 0. The van der Waals surface area contributed by atoms with Crippen LogP contribution < -0.4 is 19.5 Å². The zero-order chi connectivity index (χ0) is 23.6. The number of carbonyl (C=O) groups is 2. The molecule has 8 nitrogen and oxygen atoms in total. The smallest absolute Gasteiger partial charge is 0.240 e. The maximum absolute atomic E-state index is 12.4.